The highest BCUT2D eigenvalue weighted by atomic mass is 35.5. The number of nitrogens with zero attached hydrogens (tertiary/aromatic N) is 2. The highest BCUT2D eigenvalue weighted by molar-refractivity contribution is 5.85. The van der Waals surface area contributed by atoms with E-state index in [2.05, 4.69) is 29.2 Å². The van der Waals surface area contributed by atoms with Crippen LogP contribution < -0.4 is 5.32 Å². The van der Waals surface area contributed by atoms with Crippen LogP contribution in [0.1, 0.15) is 44.9 Å². The van der Waals surface area contributed by atoms with E-state index in [1.54, 1.807) is 0 Å². The lowest BCUT2D eigenvalue weighted by Gasteiger charge is -2.32. The van der Waals surface area contributed by atoms with Crippen molar-refractivity contribution in [3.8, 4) is 0 Å². The summed E-state index contributed by atoms with van der Waals surface area (Å²) < 4.78 is 0. The van der Waals surface area contributed by atoms with Crippen molar-refractivity contribution in [1.82, 2.24) is 15.1 Å². The predicted molar refractivity (Wildman–Crippen MR) is 87.8 cm³/mol. The number of fused-ring (bicyclic) bond motifs is 2. The van der Waals surface area contributed by atoms with E-state index in [1.165, 1.54) is 38.5 Å². The zero-order valence-corrected chi connectivity index (χ0v) is 14.2. The van der Waals surface area contributed by atoms with Gasteiger partial charge in [0.25, 0.3) is 0 Å². The summed E-state index contributed by atoms with van der Waals surface area (Å²) in [7, 11) is 4.21. The molecule has 3 rings (SSSR count). The Kier molecular flexibility index (Phi) is 5.92. The molecule has 0 aromatic heterocycles. The molecule has 0 aliphatic carbocycles. The van der Waals surface area contributed by atoms with Crippen LogP contribution in [0.4, 0.5) is 0 Å². The van der Waals surface area contributed by atoms with Crippen LogP contribution in [0.3, 0.4) is 0 Å². The van der Waals surface area contributed by atoms with E-state index in [9.17, 15) is 4.79 Å². The average molecular weight is 316 g/mol. The molecule has 4 nitrogen and oxygen atoms in total. The average Bonchev–Trinajstić information content (AvgIpc) is 2.95. The molecule has 0 radical (unpaired) electrons. The van der Waals surface area contributed by atoms with Crippen molar-refractivity contribution >= 4 is 18.3 Å². The van der Waals surface area contributed by atoms with Crippen molar-refractivity contribution in [3.63, 3.8) is 0 Å². The van der Waals surface area contributed by atoms with Gasteiger partial charge in [0.1, 0.15) is 0 Å². The molecule has 0 spiro atoms. The molecule has 3 heterocycles. The molecular weight excluding hydrogens is 286 g/mol. The largest absolute Gasteiger partial charge is 0.338 e. The van der Waals surface area contributed by atoms with Crippen molar-refractivity contribution in [2.24, 2.45) is 5.92 Å². The second kappa shape index (κ2) is 7.30. The molecule has 122 valence electrons. The highest BCUT2D eigenvalue weighted by Crippen LogP contribution is 2.33. The third-order valence-electron chi connectivity index (χ3n) is 5.31. The molecule has 2 bridgehead atoms. The fraction of sp³-hybridized carbons (Fsp3) is 0.938. The van der Waals surface area contributed by atoms with E-state index < -0.39 is 0 Å². The number of piperidine rings is 1. The number of nitrogens with one attached hydrogen (secondary N) is 1. The monoisotopic (exact) mass is 315 g/mol. The molecule has 3 fully saturated rings. The Morgan fingerprint density at radius 2 is 1.86 bits per heavy atom. The molecule has 1 N–H and O–H groups in total. The zero-order chi connectivity index (χ0) is 14.1. The van der Waals surface area contributed by atoms with Gasteiger partial charge in [-0.2, -0.15) is 0 Å². The molecule has 0 aromatic rings. The quantitative estimate of drug-likeness (QED) is 0.860. The van der Waals surface area contributed by atoms with Gasteiger partial charge in [-0.25, -0.2) is 0 Å². The predicted octanol–water partition coefficient (Wildman–Crippen LogP) is 1.88. The summed E-state index contributed by atoms with van der Waals surface area (Å²) in [5, 5.41) is 3.67. The van der Waals surface area contributed by atoms with Gasteiger partial charge >= 0.3 is 0 Å². The van der Waals surface area contributed by atoms with Crippen molar-refractivity contribution in [1.29, 1.82) is 0 Å². The van der Waals surface area contributed by atoms with Gasteiger partial charge in [-0.3, -0.25) is 4.79 Å². The van der Waals surface area contributed by atoms with Gasteiger partial charge < -0.3 is 15.1 Å². The molecule has 3 saturated heterocycles. The number of carbonyl (C=O) groups excluding carboxylic acids is 1. The smallest absolute Gasteiger partial charge is 0.223 e. The minimum absolute atomic E-state index is 0. The Morgan fingerprint density at radius 1 is 1.19 bits per heavy atom. The maximum absolute atomic E-state index is 12.6. The molecule has 21 heavy (non-hydrogen) atoms. The normalized spacial score (nSPS) is 35.1. The summed E-state index contributed by atoms with van der Waals surface area (Å²) >= 11 is 0. The van der Waals surface area contributed by atoms with E-state index in [0.717, 1.165) is 19.5 Å². The molecule has 0 saturated carbocycles. The molecule has 3 aliphatic rings. The van der Waals surface area contributed by atoms with Crippen molar-refractivity contribution in [3.05, 3.63) is 0 Å². The Hall–Kier alpha value is -0.320. The third kappa shape index (κ3) is 4.11. The second-order valence-electron chi connectivity index (χ2n) is 7.32. The van der Waals surface area contributed by atoms with E-state index in [4.69, 9.17) is 0 Å². The Bertz CT molecular complexity index is 351. The zero-order valence-electron chi connectivity index (χ0n) is 13.4. The van der Waals surface area contributed by atoms with Gasteiger partial charge in [-0.1, -0.05) is 0 Å². The highest BCUT2D eigenvalue weighted by Gasteiger charge is 2.36. The van der Waals surface area contributed by atoms with Gasteiger partial charge in [-0.15, -0.1) is 12.4 Å². The van der Waals surface area contributed by atoms with Gasteiger partial charge in [-0.05, 0) is 58.5 Å². The molecule has 0 aromatic carbocycles. The lowest BCUT2D eigenvalue weighted by atomic mass is 9.89. The van der Waals surface area contributed by atoms with Crippen molar-refractivity contribution < 1.29 is 4.79 Å². The number of likely N-dealkylation sites (N-methyl/N-ethyl adjacent to an activating group) is 1. The van der Waals surface area contributed by atoms with E-state index in [-0.39, 0.29) is 12.4 Å². The van der Waals surface area contributed by atoms with Crippen molar-refractivity contribution in [2.45, 2.75) is 63.1 Å². The first-order chi connectivity index (χ1) is 9.61. The first-order valence-corrected chi connectivity index (χ1v) is 8.32. The maximum Gasteiger partial charge on any atom is 0.223 e. The fourth-order valence-electron chi connectivity index (χ4n) is 4.48. The van der Waals surface area contributed by atoms with E-state index in [0.29, 0.717) is 30.0 Å². The van der Waals surface area contributed by atoms with Crippen LogP contribution in [-0.2, 0) is 4.79 Å². The fourth-order valence-corrected chi connectivity index (χ4v) is 4.48. The van der Waals surface area contributed by atoms with Gasteiger partial charge in [0.2, 0.25) is 5.91 Å². The van der Waals surface area contributed by atoms with Crippen LogP contribution in [0.2, 0.25) is 0 Å². The first-order valence-electron chi connectivity index (χ1n) is 8.32. The van der Waals surface area contributed by atoms with Crippen LogP contribution in [0.25, 0.3) is 0 Å². The summed E-state index contributed by atoms with van der Waals surface area (Å²) in [5.74, 6) is 1.04. The lowest BCUT2D eigenvalue weighted by Crippen LogP contribution is -2.44. The number of carbonyl (C=O) groups is 1. The van der Waals surface area contributed by atoms with Crippen LogP contribution in [-0.4, -0.2) is 61.0 Å². The molecular formula is C16H30ClN3O. The number of rotatable bonds is 4. The number of likely N-dealkylation sites (tertiary alicyclic amines) is 1. The first kappa shape index (κ1) is 17.0. The Labute approximate surface area is 135 Å². The maximum atomic E-state index is 12.6. The van der Waals surface area contributed by atoms with Crippen molar-refractivity contribution in [2.75, 3.05) is 27.2 Å². The van der Waals surface area contributed by atoms with Crippen LogP contribution in [0.15, 0.2) is 0 Å². The minimum atomic E-state index is 0. The lowest BCUT2D eigenvalue weighted by molar-refractivity contribution is -0.133. The van der Waals surface area contributed by atoms with Crippen LogP contribution in [0, 0.1) is 5.92 Å². The number of hydrogen-bond donors (Lipinski definition) is 1. The van der Waals surface area contributed by atoms with Crippen LogP contribution in [0.5, 0.6) is 0 Å². The van der Waals surface area contributed by atoms with Gasteiger partial charge in [0, 0.05) is 37.6 Å². The number of hydrogen-bond acceptors (Lipinski definition) is 3. The SMILES string of the molecule is CN(C)CC1CCCN1C(=O)CC1CC2CCC(C1)N2.Cl. The van der Waals surface area contributed by atoms with E-state index >= 15 is 0 Å². The summed E-state index contributed by atoms with van der Waals surface area (Å²) in [6.07, 6.45) is 8.23. The van der Waals surface area contributed by atoms with Gasteiger partial charge in [0.15, 0.2) is 0 Å². The number of halogens is 1. The third-order valence-corrected chi connectivity index (χ3v) is 5.31. The number of amides is 1. The Morgan fingerprint density at radius 3 is 2.48 bits per heavy atom. The summed E-state index contributed by atoms with van der Waals surface area (Å²) in [6.45, 7) is 2.00. The summed E-state index contributed by atoms with van der Waals surface area (Å²) in [6, 6.07) is 1.85. The topological polar surface area (TPSA) is 35.6 Å². The van der Waals surface area contributed by atoms with Crippen LogP contribution >= 0.6 is 12.4 Å². The van der Waals surface area contributed by atoms with Gasteiger partial charge in [0.05, 0.1) is 0 Å². The minimum Gasteiger partial charge on any atom is -0.338 e. The molecule has 5 heteroatoms. The Balaban J connectivity index is 0.00000161. The standard InChI is InChI=1S/C16H29N3O.ClH/c1-18(2)11-15-4-3-7-19(15)16(20)10-12-8-13-5-6-14(9-12)17-13;/h12-15,17H,3-11H2,1-2H3;1H. The summed E-state index contributed by atoms with van der Waals surface area (Å²) in [5.41, 5.74) is 0. The molecule has 3 aliphatic heterocycles. The second-order valence-corrected chi connectivity index (χ2v) is 7.32. The van der Waals surface area contributed by atoms with E-state index in [1.807, 2.05) is 0 Å². The summed E-state index contributed by atoms with van der Waals surface area (Å²) in [4.78, 5) is 17.0. The molecule has 1 amide bonds. The molecule has 3 unspecified atom stereocenters. The molecule has 3 atom stereocenters.